The summed E-state index contributed by atoms with van der Waals surface area (Å²) in [5, 5.41) is 2.41. The molecule has 6 nitrogen and oxygen atoms in total. The highest BCUT2D eigenvalue weighted by Crippen LogP contribution is 2.34. The molecule has 2 heterocycles. The van der Waals surface area contributed by atoms with Crippen molar-refractivity contribution in [2.75, 3.05) is 19.6 Å². The van der Waals surface area contributed by atoms with Gasteiger partial charge >= 0.3 is 6.03 Å². The molecule has 3 rings (SSSR count). The Balaban J connectivity index is 1.60. The maximum absolute atomic E-state index is 13.7. The zero-order chi connectivity index (χ0) is 20.5. The van der Waals surface area contributed by atoms with Gasteiger partial charge in [0.15, 0.2) is 0 Å². The summed E-state index contributed by atoms with van der Waals surface area (Å²) in [7, 11) is 0. The minimum absolute atomic E-state index is 0.108. The third-order valence-corrected chi connectivity index (χ3v) is 5.52. The number of nitrogens with one attached hydrogen (secondary N) is 1. The number of likely N-dealkylation sites (tertiary alicyclic amines) is 1. The lowest BCUT2D eigenvalue weighted by atomic mass is 9.85. The average molecular weight is 393 g/mol. The van der Waals surface area contributed by atoms with Gasteiger partial charge in [-0.25, -0.2) is 13.6 Å². The van der Waals surface area contributed by atoms with Crippen molar-refractivity contribution in [3.63, 3.8) is 0 Å². The van der Waals surface area contributed by atoms with Gasteiger partial charge < -0.3 is 9.80 Å². The number of hydrogen-bond donors (Lipinski definition) is 1. The first kappa shape index (κ1) is 20.2. The minimum Gasteiger partial charge on any atom is -0.342 e. The van der Waals surface area contributed by atoms with Gasteiger partial charge in [-0.15, -0.1) is 0 Å². The summed E-state index contributed by atoms with van der Waals surface area (Å²) < 4.78 is 26.7. The van der Waals surface area contributed by atoms with Crippen LogP contribution in [0.4, 0.5) is 13.6 Å². The zero-order valence-corrected chi connectivity index (χ0v) is 16.1. The summed E-state index contributed by atoms with van der Waals surface area (Å²) in [5.41, 5.74) is -0.589. The summed E-state index contributed by atoms with van der Waals surface area (Å²) in [6.07, 6.45) is 1.06. The molecule has 0 bridgehead atoms. The quantitative estimate of drug-likeness (QED) is 0.782. The molecule has 28 heavy (non-hydrogen) atoms. The Hall–Kier alpha value is -2.51. The van der Waals surface area contributed by atoms with E-state index in [0.717, 1.165) is 6.07 Å². The molecule has 1 N–H and O–H groups in total. The first-order valence-corrected chi connectivity index (χ1v) is 9.58. The summed E-state index contributed by atoms with van der Waals surface area (Å²) in [6.45, 7) is 5.17. The lowest BCUT2D eigenvalue weighted by Gasteiger charge is -2.42. The van der Waals surface area contributed by atoms with Crippen molar-refractivity contribution in [1.82, 2.24) is 15.1 Å². The van der Waals surface area contributed by atoms with Crippen molar-refractivity contribution < 1.29 is 23.2 Å². The number of urea groups is 1. The predicted octanol–water partition coefficient (Wildman–Crippen LogP) is 2.47. The van der Waals surface area contributed by atoms with Crippen LogP contribution in [-0.2, 0) is 16.0 Å². The number of carbonyl (C=O) groups excluding carboxylic acids is 3. The predicted molar refractivity (Wildman–Crippen MR) is 98.3 cm³/mol. The molecule has 1 spiro atoms. The van der Waals surface area contributed by atoms with E-state index < -0.39 is 17.2 Å². The van der Waals surface area contributed by atoms with E-state index >= 15 is 0 Å². The van der Waals surface area contributed by atoms with E-state index in [4.69, 9.17) is 0 Å². The highest BCUT2D eigenvalue weighted by Gasteiger charge is 2.54. The van der Waals surface area contributed by atoms with Crippen molar-refractivity contribution in [3.8, 4) is 0 Å². The largest absolute Gasteiger partial charge is 0.342 e. The number of hydrogen-bond acceptors (Lipinski definition) is 3. The summed E-state index contributed by atoms with van der Waals surface area (Å²) in [6, 6.07) is 2.96. The van der Waals surface area contributed by atoms with Gasteiger partial charge in [0.1, 0.15) is 17.2 Å². The smallest absolute Gasteiger partial charge is 0.325 e. The summed E-state index contributed by atoms with van der Waals surface area (Å²) in [4.78, 5) is 40.4. The van der Waals surface area contributed by atoms with Crippen LogP contribution in [0.5, 0.6) is 0 Å². The molecule has 2 fully saturated rings. The maximum atomic E-state index is 13.7. The molecule has 0 aromatic heterocycles. The van der Waals surface area contributed by atoms with Crippen LogP contribution < -0.4 is 5.32 Å². The van der Waals surface area contributed by atoms with Crippen LogP contribution in [0.15, 0.2) is 18.2 Å². The lowest BCUT2D eigenvalue weighted by molar-refractivity contribution is -0.138. The van der Waals surface area contributed by atoms with Crippen LogP contribution in [0.3, 0.4) is 0 Å². The molecule has 0 atom stereocenters. The van der Waals surface area contributed by atoms with E-state index in [2.05, 4.69) is 5.32 Å². The number of aryl methyl sites for hydroxylation is 1. The van der Waals surface area contributed by atoms with Crippen LogP contribution in [0.25, 0.3) is 0 Å². The number of piperidine rings is 1. The van der Waals surface area contributed by atoms with Crippen molar-refractivity contribution in [1.29, 1.82) is 0 Å². The monoisotopic (exact) mass is 393 g/mol. The molecular weight excluding hydrogens is 368 g/mol. The molecule has 1 aromatic rings. The summed E-state index contributed by atoms with van der Waals surface area (Å²) >= 11 is 0. The van der Waals surface area contributed by atoms with Gasteiger partial charge in [-0.2, -0.15) is 0 Å². The van der Waals surface area contributed by atoms with Gasteiger partial charge in [0, 0.05) is 32.1 Å². The third kappa shape index (κ3) is 3.86. The fraction of sp³-hybridized carbons (Fsp3) is 0.550. The van der Waals surface area contributed by atoms with Gasteiger partial charge in [-0.1, -0.05) is 19.9 Å². The van der Waals surface area contributed by atoms with Crippen LogP contribution in [0, 0.1) is 17.6 Å². The highest BCUT2D eigenvalue weighted by atomic mass is 19.1. The molecule has 2 aliphatic rings. The van der Waals surface area contributed by atoms with E-state index in [9.17, 15) is 23.2 Å². The van der Waals surface area contributed by atoms with E-state index in [0.29, 0.717) is 38.0 Å². The number of halogens is 2. The van der Waals surface area contributed by atoms with Gasteiger partial charge in [0.2, 0.25) is 5.91 Å². The zero-order valence-electron chi connectivity index (χ0n) is 16.1. The molecule has 0 unspecified atom stereocenters. The standard InChI is InChI=1S/C20H25F2N3O3/c1-13(2)12-25-19(28)23-18(27)20(25)7-9-24(10-8-20)17(26)6-4-14-3-5-15(21)11-16(14)22/h3,5,11,13H,4,6-10,12H2,1-2H3,(H,23,27,28). The SMILES string of the molecule is CC(C)CN1C(=O)NC(=O)C12CCN(C(=O)CCc1ccc(F)cc1F)CC2. The third-order valence-electron chi connectivity index (χ3n) is 5.52. The molecule has 0 aliphatic carbocycles. The van der Waals surface area contributed by atoms with Crippen LogP contribution >= 0.6 is 0 Å². The molecule has 1 aromatic carbocycles. The Labute approximate surface area is 162 Å². The van der Waals surface area contributed by atoms with Gasteiger partial charge in [-0.3, -0.25) is 14.9 Å². The Morgan fingerprint density at radius 2 is 1.89 bits per heavy atom. The van der Waals surface area contributed by atoms with Crippen molar-refractivity contribution in [3.05, 3.63) is 35.4 Å². The van der Waals surface area contributed by atoms with Crippen molar-refractivity contribution in [2.45, 2.75) is 45.1 Å². The Bertz CT molecular complexity index is 789. The minimum atomic E-state index is -0.888. The molecule has 0 radical (unpaired) electrons. The molecule has 4 amide bonds. The van der Waals surface area contributed by atoms with E-state index in [1.165, 1.54) is 12.1 Å². The molecule has 152 valence electrons. The van der Waals surface area contributed by atoms with Crippen molar-refractivity contribution in [2.24, 2.45) is 5.92 Å². The van der Waals surface area contributed by atoms with E-state index in [-0.39, 0.29) is 36.6 Å². The fourth-order valence-corrected chi connectivity index (χ4v) is 3.97. The average Bonchev–Trinajstić information content (AvgIpc) is 2.85. The molecule has 2 saturated heterocycles. The van der Waals surface area contributed by atoms with Crippen LogP contribution in [0.1, 0.15) is 38.7 Å². The lowest BCUT2D eigenvalue weighted by Crippen LogP contribution is -2.58. The van der Waals surface area contributed by atoms with Crippen LogP contribution in [0.2, 0.25) is 0 Å². The second-order valence-electron chi connectivity index (χ2n) is 7.91. The number of carbonyl (C=O) groups is 3. The van der Waals surface area contributed by atoms with E-state index in [1.54, 1.807) is 9.80 Å². The number of rotatable bonds is 5. The topological polar surface area (TPSA) is 69.7 Å². The Morgan fingerprint density at radius 3 is 2.50 bits per heavy atom. The Kier molecular flexibility index (Phi) is 5.67. The molecule has 0 saturated carbocycles. The van der Waals surface area contributed by atoms with Gasteiger partial charge in [0.05, 0.1) is 0 Å². The Morgan fingerprint density at radius 1 is 1.21 bits per heavy atom. The second-order valence-corrected chi connectivity index (χ2v) is 7.91. The van der Waals surface area contributed by atoms with E-state index in [1.807, 2.05) is 13.8 Å². The molecule has 8 heteroatoms. The number of nitrogens with zero attached hydrogens (tertiary/aromatic N) is 2. The molecular formula is C20H25F2N3O3. The number of benzene rings is 1. The van der Waals surface area contributed by atoms with Gasteiger partial charge in [-0.05, 0) is 36.8 Å². The highest BCUT2D eigenvalue weighted by molar-refractivity contribution is 6.07. The second kappa shape index (κ2) is 7.85. The fourth-order valence-electron chi connectivity index (χ4n) is 3.97. The molecule has 2 aliphatic heterocycles. The number of imide groups is 1. The van der Waals surface area contributed by atoms with Crippen molar-refractivity contribution >= 4 is 17.8 Å². The first-order valence-electron chi connectivity index (χ1n) is 9.58. The van der Waals surface area contributed by atoms with Gasteiger partial charge in [0.25, 0.3) is 5.91 Å². The van der Waals surface area contributed by atoms with Crippen LogP contribution in [-0.4, -0.2) is 52.8 Å². The number of amides is 4. The maximum Gasteiger partial charge on any atom is 0.325 e. The summed E-state index contributed by atoms with van der Waals surface area (Å²) in [5.74, 6) is -1.52. The first-order chi connectivity index (χ1) is 13.2. The normalized spacial score (nSPS) is 18.9.